The van der Waals surface area contributed by atoms with Crippen molar-refractivity contribution in [1.82, 2.24) is 4.98 Å². The van der Waals surface area contributed by atoms with Gasteiger partial charge in [0.2, 0.25) is 0 Å². The third kappa shape index (κ3) is 5.36. The summed E-state index contributed by atoms with van der Waals surface area (Å²) in [4.78, 5) is 4.03. The number of methoxy groups -OCH3 is 1. The number of pyridine rings is 1. The fourth-order valence-electron chi connectivity index (χ4n) is 2.70. The van der Waals surface area contributed by atoms with Gasteiger partial charge in [0.1, 0.15) is 19.7 Å². The van der Waals surface area contributed by atoms with Gasteiger partial charge in [0, 0.05) is 39.1 Å². The van der Waals surface area contributed by atoms with Gasteiger partial charge in [-0.05, 0) is 42.5 Å². The highest BCUT2D eigenvalue weighted by Crippen LogP contribution is 2.31. The monoisotopic (exact) mass is 403 g/mol. The quantitative estimate of drug-likeness (QED) is 0.611. The van der Waals surface area contributed by atoms with E-state index in [4.69, 9.17) is 32.7 Å². The number of rotatable bonds is 8. The molecule has 0 spiro atoms. The van der Waals surface area contributed by atoms with Gasteiger partial charge >= 0.3 is 0 Å². The van der Waals surface area contributed by atoms with Crippen LogP contribution in [0, 0.1) is 0 Å². The average Bonchev–Trinajstić information content (AvgIpc) is 2.69. The number of ether oxygens (including phenoxy) is 2. The molecule has 140 valence electrons. The Morgan fingerprint density at radius 3 is 2.30 bits per heavy atom. The van der Waals surface area contributed by atoms with Crippen LogP contribution in [0.4, 0.5) is 0 Å². The van der Waals surface area contributed by atoms with Gasteiger partial charge in [-0.3, -0.25) is 4.98 Å². The minimum atomic E-state index is 0.280. The lowest BCUT2D eigenvalue weighted by molar-refractivity contribution is -0.686. The molecule has 0 atom stereocenters. The Hall–Kier alpha value is -2.27. The summed E-state index contributed by atoms with van der Waals surface area (Å²) in [6, 6.07) is 15.4. The highest BCUT2D eigenvalue weighted by Gasteiger charge is 2.10. The highest BCUT2D eigenvalue weighted by atomic mass is 35.5. The van der Waals surface area contributed by atoms with Crippen molar-refractivity contribution in [1.29, 1.82) is 0 Å². The number of benzene rings is 2. The summed E-state index contributed by atoms with van der Waals surface area (Å²) in [5.74, 6) is 1.35. The van der Waals surface area contributed by atoms with Gasteiger partial charge in [0.25, 0.3) is 0 Å². The van der Waals surface area contributed by atoms with Crippen LogP contribution in [0.15, 0.2) is 60.9 Å². The van der Waals surface area contributed by atoms with Gasteiger partial charge in [-0.2, -0.15) is 0 Å². The zero-order valence-corrected chi connectivity index (χ0v) is 16.5. The molecule has 0 aliphatic heterocycles. The van der Waals surface area contributed by atoms with Gasteiger partial charge in [0.15, 0.2) is 11.5 Å². The lowest BCUT2D eigenvalue weighted by atomic mass is 10.2. The summed E-state index contributed by atoms with van der Waals surface area (Å²) in [7, 11) is 1.63. The van der Waals surface area contributed by atoms with Gasteiger partial charge in [0.05, 0.1) is 7.11 Å². The van der Waals surface area contributed by atoms with Gasteiger partial charge in [-0.25, -0.2) is 0 Å². The summed E-state index contributed by atoms with van der Waals surface area (Å²) in [5.41, 5.74) is 3.16. The molecule has 0 saturated carbocycles. The van der Waals surface area contributed by atoms with Gasteiger partial charge in [-0.15, -0.1) is 0 Å². The molecule has 0 aliphatic rings. The van der Waals surface area contributed by atoms with Crippen molar-refractivity contribution in [3.63, 3.8) is 0 Å². The van der Waals surface area contributed by atoms with Crippen molar-refractivity contribution >= 4 is 23.2 Å². The first-order chi connectivity index (χ1) is 13.2. The molecule has 0 saturated heterocycles. The molecule has 6 heteroatoms. The summed E-state index contributed by atoms with van der Waals surface area (Å²) in [6.07, 6.45) is 3.62. The Morgan fingerprint density at radius 1 is 0.889 bits per heavy atom. The number of aromatic nitrogens is 1. The van der Waals surface area contributed by atoms with Crippen LogP contribution in [0.5, 0.6) is 11.5 Å². The number of nitrogens with two attached hydrogens (primary N) is 1. The van der Waals surface area contributed by atoms with Crippen LogP contribution in [0.25, 0.3) is 0 Å². The molecule has 3 aromatic rings. The van der Waals surface area contributed by atoms with Crippen molar-refractivity contribution in [2.75, 3.05) is 7.11 Å². The average molecular weight is 404 g/mol. The largest absolute Gasteiger partial charge is 0.493 e. The third-order valence-corrected chi connectivity index (χ3v) is 4.88. The van der Waals surface area contributed by atoms with Gasteiger partial charge in [-0.1, -0.05) is 29.3 Å². The molecule has 2 N–H and O–H groups in total. The van der Waals surface area contributed by atoms with Crippen LogP contribution >= 0.6 is 23.2 Å². The Bertz CT molecular complexity index is 868. The molecule has 1 aromatic heterocycles. The SMILES string of the molecule is COc1cc(C[NH2+]Cc2ccncc2)ccc1OCc1c(Cl)cccc1Cl. The fraction of sp³-hybridized carbons (Fsp3) is 0.190. The first kappa shape index (κ1) is 19.5. The summed E-state index contributed by atoms with van der Waals surface area (Å²) < 4.78 is 11.4. The van der Waals surface area contributed by atoms with Gasteiger partial charge < -0.3 is 14.8 Å². The number of hydrogen-bond donors (Lipinski definition) is 1. The van der Waals surface area contributed by atoms with Crippen LogP contribution in [-0.4, -0.2) is 12.1 Å². The maximum atomic E-state index is 6.20. The molecule has 4 nitrogen and oxygen atoms in total. The predicted octanol–water partition coefficient (Wildman–Crippen LogP) is 4.24. The van der Waals surface area contributed by atoms with E-state index in [0.717, 1.165) is 24.2 Å². The van der Waals surface area contributed by atoms with E-state index in [2.05, 4.69) is 10.3 Å². The molecule has 0 aliphatic carbocycles. The summed E-state index contributed by atoms with van der Waals surface area (Å²) in [5, 5.41) is 3.40. The normalized spacial score (nSPS) is 10.6. The van der Waals surface area contributed by atoms with Crippen molar-refractivity contribution in [2.24, 2.45) is 0 Å². The molecule has 1 heterocycles. The molecular weight excluding hydrogens is 383 g/mol. The molecule has 0 radical (unpaired) electrons. The molecule has 0 fully saturated rings. The number of quaternary nitrogens is 1. The Balaban J connectivity index is 1.62. The molecule has 0 bridgehead atoms. The van der Waals surface area contributed by atoms with E-state index in [1.807, 2.05) is 48.8 Å². The lowest BCUT2D eigenvalue weighted by Gasteiger charge is -2.13. The van der Waals surface area contributed by atoms with Crippen LogP contribution < -0.4 is 14.8 Å². The second kappa shape index (κ2) is 9.60. The molecule has 27 heavy (non-hydrogen) atoms. The van der Waals surface area contributed by atoms with Crippen LogP contribution in [0.3, 0.4) is 0 Å². The van der Waals surface area contributed by atoms with E-state index < -0.39 is 0 Å². The maximum Gasteiger partial charge on any atom is 0.161 e. The molecular formula is C21H21Cl2N2O2+. The second-order valence-corrected chi connectivity index (χ2v) is 6.84. The topological polar surface area (TPSA) is 48.0 Å². The summed E-state index contributed by atoms with van der Waals surface area (Å²) in [6.45, 7) is 2.02. The standard InChI is InChI=1S/C21H20Cl2N2O2/c1-26-21-11-16(13-25-12-15-7-9-24-10-8-15)5-6-20(21)27-14-17-18(22)3-2-4-19(17)23/h2-11,25H,12-14H2,1H3/p+1. The van der Waals surface area contributed by atoms with Crippen molar-refractivity contribution in [3.05, 3.63) is 87.7 Å². The molecule has 0 unspecified atom stereocenters. The Labute approximate surface area is 169 Å². The van der Waals surface area contributed by atoms with Crippen molar-refractivity contribution < 1.29 is 14.8 Å². The lowest BCUT2D eigenvalue weighted by Crippen LogP contribution is -2.80. The van der Waals surface area contributed by atoms with Crippen LogP contribution in [0.2, 0.25) is 10.0 Å². The van der Waals surface area contributed by atoms with E-state index >= 15 is 0 Å². The Morgan fingerprint density at radius 2 is 1.59 bits per heavy atom. The third-order valence-electron chi connectivity index (χ3n) is 4.17. The first-order valence-corrected chi connectivity index (χ1v) is 9.36. The van der Waals surface area contributed by atoms with E-state index in [9.17, 15) is 0 Å². The minimum Gasteiger partial charge on any atom is -0.493 e. The van der Waals surface area contributed by atoms with Crippen molar-refractivity contribution in [3.8, 4) is 11.5 Å². The fourth-order valence-corrected chi connectivity index (χ4v) is 3.21. The molecule has 2 aromatic carbocycles. The van der Waals surface area contributed by atoms with Crippen LogP contribution in [-0.2, 0) is 19.7 Å². The number of nitrogens with zero attached hydrogens (tertiary/aromatic N) is 1. The van der Waals surface area contributed by atoms with E-state index in [0.29, 0.717) is 21.5 Å². The predicted molar refractivity (Wildman–Crippen MR) is 107 cm³/mol. The maximum absolute atomic E-state index is 6.20. The van der Waals surface area contributed by atoms with Crippen molar-refractivity contribution in [2.45, 2.75) is 19.7 Å². The summed E-state index contributed by atoms with van der Waals surface area (Å²) >= 11 is 12.4. The highest BCUT2D eigenvalue weighted by molar-refractivity contribution is 6.35. The van der Waals surface area contributed by atoms with E-state index in [1.165, 1.54) is 5.56 Å². The zero-order valence-electron chi connectivity index (χ0n) is 15.0. The molecule has 0 amide bonds. The minimum absolute atomic E-state index is 0.280. The smallest absolute Gasteiger partial charge is 0.161 e. The molecule has 3 rings (SSSR count). The van der Waals surface area contributed by atoms with E-state index in [-0.39, 0.29) is 6.61 Å². The number of halogens is 2. The Kier molecular flexibility index (Phi) is 6.93. The number of hydrogen-bond acceptors (Lipinski definition) is 3. The van der Waals surface area contributed by atoms with Crippen LogP contribution in [0.1, 0.15) is 16.7 Å². The zero-order chi connectivity index (χ0) is 19.1. The van der Waals surface area contributed by atoms with E-state index in [1.54, 1.807) is 19.2 Å². The first-order valence-electron chi connectivity index (χ1n) is 8.60. The second-order valence-electron chi connectivity index (χ2n) is 6.03.